The van der Waals surface area contributed by atoms with Crippen LogP contribution in [-0.4, -0.2) is 30.4 Å². The van der Waals surface area contributed by atoms with Gasteiger partial charge in [0.05, 0.1) is 6.54 Å². The molecule has 22 heavy (non-hydrogen) atoms. The Morgan fingerprint density at radius 3 is 2.64 bits per heavy atom. The largest absolute Gasteiger partial charge is 0.351 e. The van der Waals surface area contributed by atoms with Gasteiger partial charge in [-0.1, -0.05) is 43.0 Å². The lowest BCUT2D eigenvalue weighted by Crippen LogP contribution is -2.46. The Morgan fingerprint density at radius 2 is 1.86 bits per heavy atom. The van der Waals surface area contributed by atoms with Gasteiger partial charge < -0.3 is 5.32 Å². The van der Waals surface area contributed by atoms with Crippen LogP contribution in [0, 0.1) is 11.8 Å². The van der Waals surface area contributed by atoms with Gasteiger partial charge in [0, 0.05) is 18.1 Å². The maximum atomic E-state index is 12.1. The quantitative estimate of drug-likeness (QED) is 0.921. The molecule has 0 spiro atoms. The van der Waals surface area contributed by atoms with E-state index in [-0.39, 0.29) is 5.91 Å². The first kappa shape index (κ1) is 15.8. The third-order valence-electron chi connectivity index (χ3n) is 5.15. The zero-order valence-electron chi connectivity index (χ0n) is 13.1. The van der Waals surface area contributed by atoms with Gasteiger partial charge in [0.2, 0.25) is 5.91 Å². The Hall–Kier alpha value is -1.06. The van der Waals surface area contributed by atoms with Gasteiger partial charge in [0.15, 0.2) is 0 Å². The number of nitrogens with zero attached hydrogens (tertiary/aromatic N) is 1. The average Bonchev–Trinajstić information content (AvgIpc) is 2.54. The van der Waals surface area contributed by atoms with E-state index in [2.05, 4.69) is 10.2 Å². The molecule has 1 heterocycles. The fourth-order valence-corrected chi connectivity index (χ4v) is 4.01. The summed E-state index contributed by atoms with van der Waals surface area (Å²) in [5, 5.41) is 3.74. The molecule has 2 fully saturated rings. The minimum atomic E-state index is 0.129. The molecule has 120 valence electrons. The van der Waals surface area contributed by atoms with E-state index in [4.69, 9.17) is 11.6 Å². The summed E-state index contributed by atoms with van der Waals surface area (Å²) in [6, 6.07) is 7.63. The summed E-state index contributed by atoms with van der Waals surface area (Å²) < 4.78 is 0. The topological polar surface area (TPSA) is 32.3 Å². The van der Waals surface area contributed by atoms with Crippen LogP contribution in [0.25, 0.3) is 0 Å². The van der Waals surface area contributed by atoms with Gasteiger partial charge in [0.1, 0.15) is 0 Å². The van der Waals surface area contributed by atoms with Crippen LogP contribution < -0.4 is 5.32 Å². The van der Waals surface area contributed by atoms with Crippen molar-refractivity contribution in [2.45, 2.75) is 38.6 Å². The van der Waals surface area contributed by atoms with Crippen molar-refractivity contribution in [3.63, 3.8) is 0 Å². The van der Waals surface area contributed by atoms with E-state index in [1.54, 1.807) is 0 Å². The molecule has 1 amide bonds. The zero-order valence-corrected chi connectivity index (χ0v) is 13.8. The summed E-state index contributed by atoms with van der Waals surface area (Å²) in [5.74, 6) is 1.87. The smallest absolute Gasteiger partial charge is 0.234 e. The molecule has 0 radical (unpaired) electrons. The number of carbonyl (C=O) groups is 1. The maximum absolute atomic E-state index is 12.1. The molecule has 2 aliphatic rings. The van der Waals surface area contributed by atoms with Crippen LogP contribution >= 0.6 is 11.6 Å². The highest BCUT2D eigenvalue weighted by Gasteiger charge is 2.31. The molecule has 0 bridgehead atoms. The van der Waals surface area contributed by atoms with Crippen molar-refractivity contribution < 1.29 is 4.79 Å². The molecule has 3 nitrogen and oxygen atoms in total. The monoisotopic (exact) mass is 320 g/mol. The van der Waals surface area contributed by atoms with Crippen molar-refractivity contribution in [1.29, 1.82) is 0 Å². The summed E-state index contributed by atoms with van der Waals surface area (Å²) in [5.41, 5.74) is 1.09. The first-order chi connectivity index (χ1) is 10.7. The summed E-state index contributed by atoms with van der Waals surface area (Å²) in [6.45, 7) is 3.31. The second kappa shape index (κ2) is 7.47. The number of likely N-dealkylation sites (tertiary alicyclic amines) is 1. The molecule has 3 rings (SSSR count). The number of amides is 1. The number of piperidine rings is 1. The van der Waals surface area contributed by atoms with Crippen molar-refractivity contribution in [2.75, 3.05) is 19.6 Å². The minimum absolute atomic E-state index is 0.129. The molecular formula is C18H25ClN2O. The Balaban J connectivity index is 1.42. The van der Waals surface area contributed by atoms with E-state index in [1.807, 2.05) is 24.3 Å². The first-order valence-electron chi connectivity index (χ1n) is 8.44. The molecule has 2 atom stereocenters. The van der Waals surface area contributed by atoms with Gasteiger partial charge in [-0.3, -0.25) is 9.69 Å². The molecule has 1 aromatic rings. The van der Waals surface area contributed by atoms with E-state index in [1.165, 1.54) is 32.1 Å². The van der Waals surface area contributed by atoms with Crippen LogP contribution in [0.4, 0.5) is 0 Å². The van der Waals surface area contributed by atoms with Gasteiger partial charge in [0.25, 0.3) is 0 Å². The van der Waals surface area contributed by atoms with Crippen LogP contribution in [0.15, 0.2) is 24.3 Å². The SMILES string of the molecule is O=C(CN1CC[C@@H]2CCCC[C@@H]2C1)NCc1ccc(Cl)cc1. The van der Waals surface area contributed by atoms with Crippen LogP contribution in [0.1, 0.15) is 37.7 Å². The lowest BCUT2D eigenvalue weighted by atomic mass is 9.75. The highest BCUT2D eigenvalue weighted by atomic mass is 35.5. The lowest BCUT2D eigenvalue weighted by Gasteiger charge is -2.41. The van der Waals surface area contributed by atoms with E-state index in [9.17, 15) is 4.79 Å². The van der Waals surface area contributed by atoms with Gasteiger partial charge in [-0.2, -0.15) is 0 Å². The molecule has 0 aromatic heterocycles. The van der Waals surface area contributed by atoms with Crippen LogP contribution in [0.2, 0.25) is 5.02 Å². The summed E-state index contributed by atoms with van der Waals surface area (Å²) in [7, 11) is 0. The molecule has 1 saturated carbocycles. The number of benzene rings is 1. The summed E-state index contributed by atoms with van der Waals surface area (Å²) >= 11 is 5.87. The van der Waals surface area contributed by atoms with Gasteiger partial charge in [-0.05, 0) is 48.9 Å². The fourth-order valence-electron chi connectivity index (χ4n) is 3.88. The Labute approximate surface area is 138 Å². The predicted octanol–water partition coefficient (Wildman–Crippen LogP) is 3.47. The highest BCUT2D eigenvalue weighted by Crippen LogP contribution is 2.35. The number of halogens is 1. The minimum Gasteiger partial charge on any atom is -0.351 e. The molecule has 0 unspecified atom stereocenters. The number of nitrogens with one attached hydrogen (secondary N) is 1. The molecule has 1 aliphatic heterocycles. The van der Waals surface area contributed by atoms with Crippen LogP contribution in [-0.2, 0) is 11.3 Å². The van der Waals surface area contributed by atoms with Crippen LogP contribution in [0.3, 0.4) is 0 Å². The third kappa shape index (κ3) is 4.23. The van der Waals surface area contributed by atoms with Gasteiger partial charge >= 0.3 is 0 Å². The van der Waals surface area contributed by atoms with Crippen molar-refractivity contribution in [1.82, 2.24) is 10.2 Å². The zero-order chi connectivity index (χ0) is 15.4. The van der Waals surface area contributed by atoms with Gasteiger partial charge in [-0.15, -0.1) is 0 Å². The second-order valence-electron chi connectivity index (χ2n) is 6.73. The van der Waals surface area contributed by atoms with Crippen molar-refractivity contribution in [2.24, 2.45) is 11.8 Å². The van der Waals surface area contributed by atoms with Gasteiger partial charge in [-0.25, -0.2) is 0 Å². The summed E-state index contributed by atoms with van der Waals surface area (Å²) in [4.78, 5) is 14.5. The molecule has 1 aromatic carbocycles. The molecule has 1 aliphatic carbocycles. The van der Waals surface area contributed by atoms with E-state index in [0.717, 1.165) is 35.5 Å². The van der Waals surface area contributed by atoms with Crippen molar-refractivity contribution in [3.05, 3.63) is 34.9 Å². The maximum Gasteiger partial charge on any atom is 0.234 e. The third-order valence-corrected chi connectivity index (χ3v) is 5.40. The molecule has 1 N–H and O–H groups in total. The fraction of sp³-hybridized carbons (Fsp3) is 0.611. The normalized spacial score (nSPS) is 25.5. The Morgan fingerprint density at radius 1 is 1.14 bits per heavy atom. The standard InChI is InChI=1S/C18H25ClN2O/c19-17-7-5-14(6-8-17)11-20-18(22)13-21-10-9-15-3-1-2-4-16(15)12-21/h5-8,15-16H,1-4,9-13H2,(H,20,22)/t15-,16+/m0/s1. The number of rotatable bonds is 4. The van der Waals surface area contributed by atoms with Crippen molar-refractivity contribution in [3.8, 4) is 0 Å². The van der Waals surface area contributed by atoms with E-state index < -0.39 is 0 Å². The number of hydrogen-bond acceptors (Lipinski definition) is 2. The predicted molar refractivity (Wildman–Crippen MR) is 89.8 cm³/mol. The number of fused-ring (bicyclic) bond motifs is 1. The average molecular weight is 321 g/mol. The number of hydrogen-bond donors (Lipinski definition) is 1. The molecule has 4 heteroatoms. The number of carbonyl (C=O) groups excluding carboxylic acids is 1. The van der Waals surface area contributed by atoms with E-state index >= 15 is 0 Å². The van der Waals surface area contributed by atoms with Crippen LogP contribution in [0.5, 0.6) is 0 Å². The lowest BCUT2D eigenvalue weighted by molar-refractivity contribution is -0.123. The Bertz CT molecular complexity index is 502. The Kier molecular flexibility index (Phi) is 5.37. The molecule has 1 saturated heterocycles. The second-order valence-corrected chi connectivity index (χ2v) is 7.17. The molecular weight excluding hydrogens is 296 g/mol. The van der Waals surface area contributed by atoms with Crippen molar-refractivity contribution >= 4 is 17.5 Å². The first-order valence-corrected chi connectivity index (χ1v) is 8.82. The summed E-state index contributed by atoms with van der Waals surface area (Å²) in [6.07, 6.45) is 6.81. The van der Waals surface area contributed by atoms with E-state index in [0.29, 0.717) is 13.1 Å². The highest BCUT2D eigenvalue weighted by molar-refractivity contribution is 6.30.